The molecular formula is C20H17ClFN5. The Morgan fingerprint density at radius 3 is 2.56 bits per heavy atom. The van der Waals surface area contributed by atoms with Gasteiger partial charge in [0.25, 0.3) is 0 Å². The molecule has 0 unspecified atom stereocenters. The first-order valence-electron chi connectivity index (χ1n) is 8.48. The van der Waals surface area contributed by atoms with Crippen LogP contribution in [0.5, 0.6) is 0 Å². The van der Waals surface area contributed by atoms with Crippen LogP contribution in [0.4, 0.5) is 10.3 Å². The van der Waals surface area contributed by atoms with Gasteiger partial charge in [-0.05, 0) is 55.8 Å². The first-order valence-corrected chi connectivity index (χ1v) is 8.86. The molecule has 1 N–H and O–H groups in total. The van der Waals surface area contributed by atoms with E-state index in [1.165, 1.54) is 12.1 Å². The fourth-order valence-electron chi connectivity index (χ4n) is 2.98. The Hall–Kier alpha value is -2.99. The molecule has 5 nitrogen and oxygen atoms in total. The number of rotatable bonds is 4. The van der Waals surface area contributed by atoms with Crippen molar-refractivity contribution in [3.8, 4) is 11.3 Å². The van der Waals surface area contributed by atoms with Gasteiger partial charge in [-0.2, -0.15) is 0 Å². The quantitative estimate of drug-likeness (QED) is 0.515. The molecule has 0 amide bonds. The number of pyridine rings is 1. The number of halogens is 2. The summed E-state index contributed by atoms with van der Waals surface area (Å²) in [5.74, 6) is 0.175. The van der Waals surface area contributed by atoms with Crippen LogP contribution in [0.3, 0.4) is 0 Å². The lowest BCUT2D eigenvalue weighted by Crippen LogP contribution is -2.07. The zero-order valence-corrected chi connectivity index (χ0v) is 15.6. The first-order chi connectivity index (χ1) is 13.0. The van der Waals surface area contributed by atoms with Gasteiger partial charge in [0.15, 0.2) is 0 Å². The topological polar surface area (TPSA) is 55.1 Å². The monoisotopic (exact) mass is 381 g/mol. The summed E-state index contributed by atoms with van der Waals surface area (Å²) in [6, 6.07) is 12.0. The van der Waals surface area contributed by atoms with Crippen molar-refractivity contribution in [2.45, 2.75) is 20.4 Å². The van der Waals surface area contributed by atoms with Gasteiger partial charge in [-0.25, -0.2) is 19.3 Å². The summed E-state index contributed by atoms with van der Waals surface area (Å²) in [5, 5.41) is 3.61. The van der Waals surface area contributed by atoms with Gasteiger partial charge >= 0.3 is 0 Å². The Balaban J connectivity index is 1.78. The SMILES string of the molecule is Cc1ccc2nc(-c3ccc(F)cc3)c(CNc3nc(C)cc(Cl)n3)n2c1. The van der Waals surface area contributed by atoms with Gasteiger partial charge in [-0.3, -0.25) is 0 Å². The largest absolute Gasteiger partial charge is 0.348 e. The maximum atomic E-state index is 13.3. The summed E-state index contributed by atoms with van der Waals surface area (Å²) in [6.07, 6.45) is 2.02. The molecule has 7 heteroatoms. The van der Waals surface area contributed by atoms with Crippen molar-refractivity contribution in [2.75, 3.05) is 5.32 Å². The highest BCUT2D eigenvalue weighted by atomic mass is 35.5. The minimum absolute atomic E-state index is 0.277. The number of nitrogens with zero attached hydrogens (tertiary/aromatic N) is 4. The molecule has 0 bridgehead atoms. The van der Waals surface area contributed by atoms with Crippen molar-refractivity contribution >= 4 is 23.2 Å². The number of hydrogen-bond donors (Lipinski definition) is 1. The normalized spacial score (nSPS) is 11.1. The van der Waals surface area contributed by atoms with Crippen LogP contribution in [-0.2, 0) is 6.54 Å². The number of benzene rings is 1. The maximum Gasteiger partial charge on any atom is 0.224 e. The summed E-state index contributed by atoms with van der Waals surface area (Å²) in [5.41, 5.74) is 5.28. The second-order valence-electron chi connectivity index (χ2n) is 6.36. The lowest BCUT2D eigenvalue weighted by molar-refractivity contribution is 0.628. The third kappa shape index (κ3) is 3.61. The van der Waals surface area contributed by atoms with Crippen LogP contribution >= 0.6 is 11.6 Å². The molecule has 4 aromatic rings. The van der Waals surface area contributed by atoms with Gasteiger partial charge in [0, 0.05) is 17.5 Å². The van der Waals surface area contributed by atoms with Gasteiger partial charge in [0.1, 0.15) is 16.6 Å². The summed E-state index contributed by atoms with van der Waals surface area (Å²) >= 11 is 6.02. The van der Waals surface area contributed by atoms with Crippen molar-refractivity contribution < 1.29 is 4.39 Å². The molecule has 0 aliphatic heterocycles. The van der Waals surface area contributed by atoms with E-state index in [2.05, 4.69) is 15.3 Å². The summed E-state index contributed by atoms with van der Waals surface area (Å²) in [4.78, 5) is 13.3. The van der Waals surface area contributed by atoms with Crippen molar-refractivity contribution in [3.05, 3.63) is 76.6 Å². The van der Waals surface area contributed by atoms with E-state index >= 15 is 0 Å². The van der Waals surface area contributed by atoms with E-state index in [0.717, 1.165) is 33.9 Å². The highest BCUT2D eigenvalue weighted by Crippen LogP contribution is 2.26. The van der Waals surface area contributed by atoms with Crippen LogP contribution in [0.25, 0.3) is 16.9 Å². The second-order valence-corrected chi connectivity index (χ2v) is 6.75. The highest BCUT2D eigenvalue weighted by Gasteiger charge is 2.15. The molecule has 0 saturated heterocycles. The van der Waals surface area contributed by atoms with Crippen LogP contribution in [-0.4, -0.2) is 19.4 Å². The molecule has 0 radical (unpaired) electrons. The Labute approximate surface area is 160 Å². The van der Waals surface area contributed by atoms with Crippen molar-refractivity contribution in [3.63, 3.8) is 0 Å². The predicted molar refractivity (Wildman–Crippen MR) is 104 cm³/mol. The molecule has 136 valence electrons. The van der Waals surface area contributed by atoms with Crippen molar-refractivity contribution in [1.29, 1.82) is 0 Å². The smallest absolute Gasteiger partial charge is 0.224 e. The Morgan fingerprint density at radius 2 is 1.81 bits per heavy atom. The van der Waals surface area contributed by atoms with Crippen LogP contribution in [0.1, 0.15) is 17.0 Å². The first kappa shape index (κ1) is 17.4. The Kier molecular flexibility index (Phi) is 4.49. The van der Waals surface area contributed by atoms with Crippen molar-refractivity contribution in [1.82, 2.24) is 19.4 Å². The molecule has 3 heterocycles. The van der Waals surface area contributed by atoms with Crippen LogP contribution < -0.4 is 5.32 Å². The number of imidazole rings is 1. The van der Waals surface area contributed by atoms with Gasteiger partial charge in [0.2, 0.25) is 5.95 Å². The second kappa shape index (κ2) is 6.96. The Morgan fingerprint density at radius 1 is 1.04 bits per heavy atom. The molecule has 1 aromatic carbocycles. The lowest BCUT2D eigenvalue weighted by Gasteiger charge is -2.09. The zero-order valence-electron chi connectivity index (χ0n) is 14.9. The summed E-state index contributed by atoms with van der Waals surface area (Å²) < 4.78 is 15.4. The molecule has 27 heavy (non-hydrogen) atoms. The van der Waals surface area contributed by atoms with Crippen molar-refractivity contribution in [2.24, 2.45) is 0 Å². The van der Waals surface area contributed by atoms with E-state index in [-0.39, 0.29) is 5.82 Å². The number of fused-ring (bicyclic) bond motifs is 1. The van der Waals surface area contributed by atoms with Crippen LogP contribution in [0.15, 0.2) is 48.7 Å². The minimum atomic E-state index is -0.277. The van der Waals surface area contributed by atoms with E-state index in [0.29, 0.717) is 17.6 Å². The molecule has 0 atom stereocenters. The zero-order chi connectivity index (χ0) is 19.0. The van der Waals surface area contributed by atoms with Gasteiger partial charge in [-0.15, -0.1) is 0 Å². The number of anilines is 1. The molecule has 4 rings (SSSR count). The standard InChI is InChI=1S/C20H17ClFN5/c1-12-3-8-18-26-19(14-4-6-15(22)7-5-14)16(27(18)11-12)10-23-20-24-13(2)9-17(21)25-20/h3-9,11H,10H2,1-2H3,(H,23,24,25). The molecule has 0 fully saturated rings. The van der Waals surface area contributed by atoms with E-state index in [1.54, 1.807) is 18.2 Å². The third-order valence-corrected chi connectivity index (χ3v) is 4.41. The van der Waals surface area contributed by atoms with E-state index in [4.69, 9.17) is 16.6 Å². The van der Waals surface area contributed by atoms with Gasteiger partial charge in [-0.1, -0.05) is 17.7 Å². The van der Waals surface area contributed by atoms with Gasteiger partial charge < -0.3 is 9.72 Å². The average Bonchev–Trinajstić information content (AvgIpc) is 2.97. The number of nitrogens with one attached hydrogen (secondary N) is 1. The van der Waals surface area contributed by atoms with Gasteiger partial charge in [0.05, 0.1) is 17.9 Å². The molecule has 0 spiro atoms. The van der Waals surface area contributed by atoms with Crippen LogP contribution in [0.2, 0.25) is 5.15 Å². The average molecular weight is 382 g/mol. The van der Waals surface area contributed by atoms with Crippen LogP contribution in [0, 0.1) is 19.7 Å². The minimum Gasteiger partial charge on any atom is -0.348 e. The summed E-state index contributed by atoms with van der Waals surface area (Å²) in [7, 11) is 0. The molecule has 0 aliphatic carbocycles. The fraction of sp³-hybridized carbons (Fsp3) is 0.150. The third-order valence-electron chi connectivity index (χ3n) is 4.22. The highest BCUT2D eigenvalue weighted by molar-refractivity contribution is 6.29. The molecule has 3 aromatic heterocycles. The molecule has 0 aliphatic rings. The number of aryl methyl sites for hydroxylation is 2. The molecule has 0 saturated carbocycles. The molecular weight excluding hydrogens is 365 g/mol. The van der Waals surface area contributed by atoms with E-state index in [1.807, 2.05) is 36.6 Å². The maximum absolute atomic E-state index is 13.3. The van der Waals surface area contributed by atoms with E-state index < -0.39 is 0 Å². The Bertz CT molecular complexity index is 1100. The number of hydrogen-bond acceptors (Lipinski definition) is 4. The van der Waals surface area contributed by atoms with E-state index in [9.17, 15) is 4.39 Å². The summed E-state index contributed by atoms with van der Waals surface area (Å²) in [6.45, 7) is 4.33. The fourth-order valence-corrected chi connectivity index (χ4v) is 3.22. The lowest BCUT2D eigenvalue weighted by atomic mass is 10.1. The predicted octanol–water partition coefficient (Wildman–Crippen LogP) is 4.81. The number of aromatic nitrogens is 4.